The van der Waals surface area contributed by atoms with Gasteiger partial charge in [-0.1, -0.05) is 37.5 Å². The molecule has 2 aromatic carbocycles. The van der Waals surface area contributed by atoms with E-state index in [0.717, 1.165) is 31.1 Å². The van der Waals surface area contributed by atoms with Crippen LogP contribution in [0.15, 0.2) is 42.5 Å². The Morgan fingerprint density at radius 1 is 1.06 bits per heavy atom. The summed E-state index contributed by atoms with van der Waals surface area (Å²) in [5, 5.41) is 3.71. The molecule has 0 radical (unpaired) electrons. The molecule has 1 fully saturated rings. The van der Waals surface area contributed by atoms with E-state index in [9.17, 15) is 9.59 Å². The summed E-state index contributed by atoms with van der Waals surface area (Å²) in [6, 6.07) is 12.9. The number of methoxy groups -OCH3 is 2. The lowest BCUT2D eigenvalue weighted by molar-refractivity contribution is 0.0655. The highest BCUT2D eigenvalue weighted by Crippen LogP contribution is 2.36. The Balaban J connectivity index is 1.58. The van der Waals surface area contributed by atoms with E-state index in [2.05, 4.69) is 10.3 Å². The minimum atomic E-state index is -0.297. The van der Waals surface area contributed by atoms with Crippen LogP contribution in [0.4, 0.5) is 5.69 Å². The third-order valence-electron chi connectivity index (χ3n) is 6.68. The second kappa shape index (κ2) is 8.73. The molecule has 0 saturated heterocycles. The molecule has 33 heavy (non-hydrogen) atoms. The SMILES string of the molecule is COc1ccc(OC)c(NC(=O)c2c3c(nc4ccccc24)C(=O)N(C2CCCCC2)C3)c1. The fourth-order valence-corrected chi connectivity index (χ4v) is 5.00. The van der Waals surface area contributed by atoms with Gasteiger partial charge in [-0.25, -0.2) is 4.98 Å². The molecule has 5 rings (SSSR count). The Hall–Kier alpha value is -3.61. The standard InChI is InChI=1S/C26H27N3O4/c1-32-17-12-13-22(33-2)21(14-17)28-25(30)23-18-10-6-7-11-20(18)27-24-19(23)15-29(26(24)31)16-8-4-3-5-9-16/h6-7,10-14,16H,3-5,8-9,15H2,1-2H3,(H,28,30). The molecule has 1 aliphatic heterocycles. The first kappa shape index (κ1) is 21.2. The Bertz CT molecular complexity index is 1230. The minimum Gasteiger partial charge on any atom is -0.497 e. The summed E-state index contributed by atoms with van der Waals surface area (Å²) in [7, 11) is 3.12. The number of rotatable bonds is 5. The van der Waals surface area contributed by atoms with Gasteiger partial charge in [-0.2, -0.15) is 0 Å². The zero-order valence-corrected chi connectivity index (χ0v) is 18.9. The van der Waals surface area contributed by atoms with Gasteiger partial charge in [0.05, 0.1) is 31.0 Å². The maximum Gasteiger partial charge on any atom is 0.273 e. The Kier molecular flexibility index (Phi) is 5.62. The topological polar surface area (TPSA) is 80.8 Å². The van der Waals surface area contributed by atoms with E-state index in [4.69, 9.17) is 9.47 Å². The zero-order valence-electron chi connectivity index (χ0n) is 18.9. The van der Waals surface area contributed by atoms with Gasteiger partial charge in [0.15, 0.2) is 0 Å². The predicted octanol–water partition coefficient (Wildman–Crippen LogP) is 4.79. The molecule has 3 aromatic rings. The fourth-order valence-electron chi connectivity index (χ4n) is 5.00. The number of carbonyl (C=O) groups is 2. The number of amides is 2. The van der Waals surface area contributed by atoms with Gasteiger partial charge in [-0.05, 0) is 31.0 Å². The third kappa shape index (κ3) is 3.77. The molecule has 1 aromatic heterocycles. The highest BCUT2D eigenvalue weighted by Gasteiger charge is 2.38. The molecule has 7 heteroatoms. The zero-order chi connectivity index (χ0) is 22.9. The number of pyridine rings is 1. The van der Waals surface area contributed by atoms with Gasteiger partial charge >= 0.3 is 0 Å². The molecule has 1 N–H and O–H groups in total. The molecule has 0 unspecified atom stereocenters. The summed E-state index contributed by atoms with van der Waals surface area (Å²) in [5.41, 5.74) is 2.72. The number of nitrogens with one attached hydrogen (secondary N) is 1. The highest BCUT2D eigenvalue weighted by molar-refractivity contribution is 6.16. The molecule has 170 valence electrons. The van der Waals surface area contributed by atoms with Crippen LogP contribution in [-0.4, -0.2) is 42.0 Å². The number of nitrogens with zero attached hydrogens (tertiary/aromatic N) is 2. The number of anilines is 1. The predicted molar refractivity (Wildman–Crippen MR) is 126 cm³/mol. The van der Waals surface area contributed by atoms with Gasteiger partial charge in [0.1, 0.15) is 17.2 Å². The van der Waals surface area contributed by atoms with Gasteiger partial charge in [-0.15, -0.1) is 0 Å². The number of hydrogen-bond donors (Lipinski definition) is 1. The smallest absolute Gasteiger partial charge is 0.273 e. The average Bonchev–Trinajstić information content (AvgIpc) is 3.18. The molecule has 1 aliphatic carbocycles. The summed E-state index contributed by atoms with van der Waals surface area (Å²) in [4.78, 5) is 33.6. The van der Waals surface area contributed by atoms with Crippen LogP contribution in [0, 0.1) is 0 Å². The molecule has 1 saturated carbocycles. The van der Waals surface area contributed by atoms with E-state index in [-0.39, 0.29) is 17.9 Å². The van der Waals surface area contributed by atoms with E-state index < -0.39 is 0 Å². The van der Waals surface area contributed by atoms with Crippen LogP contribution in [0.1, 0.15) is 58.5 Å². The van der Waals surface area contributed by atoms with Crippen molar-refractivity contribution in [1.82, 2.24) is 9.88 Å². The van der Waals surface area contributed by atoms with Crippen LogP contribution in [0.2, 0.25) is 0 Å². The minimum absolute atomic E-state index is 0.0735. The molecule has 2 heterocycles. The molecule has 0 spiro atoms. The largest absolute Gasteiger partial charge is 0.497 e. The van der Waals surface area contributed by atoms with Gasteiger partial charge < -0.3 is 19.7 Å². The van der Waals surface area contributed by atoms with Crippen molar-refractivity contribution in [3.8, 4) is 11.5 Å². The molecule has 2 amide bonds. The number of ether oxygens (including phenoxy) is 2. The first-order valence-corrected chi connectivity index (χ1v) is 11.4. The number of para-hydroxylation sites is 1. The van der Waals surface area contributed by atoms with Crippen molar-refractivity contribution in [2.75, 3.05) is 19.5 Å². The van der Waals surface area contributed by atoms with Crippen molar-refractivity contribution in [3.63, 3.8) is 0 Å². The molecule has 0 atom stereocenters. The number of aromatic nitrogens is 1. The quantitative estimate of drug-likeness (QED) is 0.611. The first-order valence-electron chi connectivity index (χ1n) is 11.4. The third-order valence-corrected chi connectivity index (χ3v) is 6.68. The van der Waals surface area contributed by atoms with Crippen LogP contribution < -0.4 is 14.8 Å². The summed E-state index contributed by atoms with van der Waals surface area (Å²) in [6.07, 6.45) is 5.47. The monoisotopic (exact) mass is 445 g/mol. The van der Waals surface area contributed by atoms with Gasteiger partial charge in [0, 0.05) is 29.6 Å². The molecular weight excluding hydrogens is 418 g/mol. The normalized spacial score (nSPS) is 16.1. The molecule has 2 aliphatic rings. The second-order valence-corrected chi connectivity index (χ2v) is 8.58. The summed E-state index contributed by atoms with van der Waals surface area (Å²) < 4.78 is 10.7. The van der Waals surface area contributed by atoms with Crippen LogP contribution in [0.3, 0.4) is 0 Å². The number of benzene rings is 2. The summed E-state index contributed by atoms with van der Waals surface area (Å²) in [6.45, 7) is 0.411. The molecule has 7 nitrogen and oxygen atoms in total. The number of fused-ring (bicyclic) bond motifs is 2. The van der Waals surface area contributed by atoms with Crippen molar-refractivity contribution in [2.45, 2.75) is 44.7 Å². The Morgan fingerprint density at radius 2 is 1.85 bits per heavy atom. The lowest BCUT2D eigenvalue weighted by Crippen LogP contribution is -2.37. The first-order chi connectivity index (χ1) is 16.1. The van der Waals surface area contributed by atoms with Crippen molar-refractivity contribution in [3.05, 3.63) is 59.3 Å². The summed E-state index contributed by atoms with van der Waals surface area (Å²) in [5.74, 6) is 0.763. The molecular formula is C26H27N3O4. The lowest BCUT2D eigenvalue weighted by Gasteiger charge is -2.30. The van der Waals surface area contributed by atoms with E-state index in [1.165, 1.54) is 6.42 Å². The number of carbonyl (C=O) groups excluding carboxylic acids is 2. The Labute approximate surface area is 192 Å². The van der Waals surface area contributed by atoms with Crippen molar-refractivity contribution >= 4 is 28.4 Å². The van der Waals surface area contributed by atoms with Crippen molar-refractivity contribution in [2.24, 2.45) is 0 Å². The van der Waals surface area contributed by atoms with E-state index in [1.54, 1.807) is 32.4 Å². The van der Waals surface area contributed by atoms with Gasteiger partial charge in [-0.3, -0.25) is 9.59 Å². The number of hydrogen-bond acceptors (Lipinski definition) is 5. The van der Waals surface area contributed by atoms with E-state index in [0.29, 0.717) is 46.1 Å². The average molecular weight is 446 g/mol. The van der Waals surface area contributed by atoms with Crippen LogP contribution in [0.25, 0.3) is 10.9 Å². The fraction of sp³-hybridized carbons (Fsp3) is 0.346. The Morgan fingerprint density at radius 3 is 2.61 bits per heavy atom. The highest BCUT2D eigenvalue weighted by atomic mass is 16.5. The van der Waals surface area contributed by atoms with E-state index >= 15 is 0 Å². The van der Waals surface area contributed by atoms with E-state index in [1.807, 2.05) is 29.2 Å². The van der Waals surface area contributed by atoms with Crippen LogP contribution in [0.5, 0.6) is 11.5 Å². The van der Waals surface area contributed by atoms with Crippen molar-refractivity contribution < 1.29 is 19.1 Å². The lowest BCUT2D eigenvalue weighted by atomic mass is 9.94. The van der Waals surface area contributed by atoms with Gasteiger partial charge in [0.25, 0.3) is 11.8 Å². The van der Waals surface area contributed by atoms with Gasteiger partial charge in [0.2, 0.25) is 0 Å². The maximum atomic E-state index is 13.7. The van der Waals surface area contributed by atoms with Crippen molar-refractivity contribution in [1.29, 1.82) is 0 Å². The van der Waals surface area contributed by atoms with Crippen LogP contribution in [-0.2, 0) is 6.54 Å². The van der Waals surface area contributed by atoms with Crippen LogP contribution >= 0.6 is 0 Å². The maximum absolute atomic E-state index is 13.7. The molecule has 0 bridgehead atoms. The second-order valence-electron chi connectivity index (χ2n) is 8.58. The summed E-state index contributed by atoms with van der Waals surface area (Å²) >= 11 is 0.